The average molecular weight is 234 g/mol. The summed E-state index contributed by atoms with van der Waals surface area (Å²) in [7, 11) is 1.17. The Morgan fingerprint density at radius 1 is 1.69 bits per heavy atom. The van der Waals surface area contributed by atoms with Gasteiger partial charge in [0.15, 0.2) is 5.69 Å². The highest BCUT2D eigenvalue weighted by Crippen LogP contribution is 2.31. The van der Waals surface area contributed by atoms with E-state index in [1.165, 1.54) is 7.11 Å². The first-order valence-corrected chi connectivity index (χ1v) is 4.12. The smallest absolute Gasteiger partial charge is 0.297 e. The van der Waals surface area contributed by atoms with E-state index < -0.39 is 29.3 Å². The average Bonchev–Trinajstić information content (AvgIpc) is 2.26. The molecule has 8 heteroatoms. The van der Waals surface area contributed by atoms with Gasteiger partial charge in [-0.25, -0.2) is 13.8 Å². The van der Waals surface area contributed by atoms with Crippen molar-refractivity contribution in [2.45, 2.75) is 13.0 Å². The van der Waals surface area contributed by atoms with Gasteiger partial charge in [0.2, 0.25) is 5.88 Å². The number of rotatable bonds is 4. The van der Waals surface area contributed by atoms with Crippen molar-refractivity contribution < 1.29 is 23.5 Å². The second-order valence-electron chi connectivity index (χ2n) is 2.78. The highest BCUT2D eigenvalue weighted by atomic mass is 19.3. The van der Waals surface area contributed by atoms with Crippen LogP contribution < -0.4 is 4.74 Å². The summed E-state index contributed by atoms with van der Waals surface area (Å²) in [5, 5.41) is 19.4. The molecule has 1 aromatic heterocycles. The number of halogens is 2. The third-order valence-electron chi connectivity index (χ3n) is 1.84. The number of nitro groups is 1. The van der Waals surface area contributed by atoms with Crippen LogP contribution in [0.2, 0.25) is 0 Å². The van der Waals surface area contributed by atoms with Gasteiger partial charge >= 0.3 is 0 Å². The van der Waals surface area contributed by atoms with Gasteiger partial charge in [-0.3, -0.25) is 10.1 Å². The molecule has 0 unspecified atom stereocenters. The van der Waals surface area contributed by atoms with Crippen molar-refractivity contribution in [2.75, 3.05) is 7.11 Å². The summed E-state index contributed by atoms with van der Waals surface area (Å²) in [5.41, 5.74) is -1.82. The third-order valence-corrected chi connectivity index (χ3v) is 1.84. The second kappa shape index (κ2) is 4.79. The Balaban J connectivity index is 3.41. The van der Waals surface area contributed by atoms with Gasteiger partial charge < -0.3 is 9.84 Å². The van der Waals surface area contributed by atoms with Crippen LogP contribution in [0, 0.1) is 10.1 Å². The van der Waals surface area contributed by atoms with E-state index in [-0.39, 0.29) is 11.4 Å². The molecule has 0 aliphatic carbocycles. The van der Waals surface area contributed by atoms with Crippen molar-refractivity contribution in [3.05, 3.63) is 27.4 Å². The molecule has 0 spiro atoms. The molecule has 6 nitrogen and oxygen atoms in total. The van der Waals surface area contributed by atoms with Gasteiger partial charge in [-0.1, -0.05) is 0 Å². The molecule has 0 saturated carbocycles. The van der Waals surface area contributed by atoms with Crippen LogP contribution in [-0.4, -0.2) is 22.1 Å². The van der Waals surface area contributed by atoms with Crippen molar-refractivity contribution in [1.29, 1.82) is 0 Å². The van der Waals surface area contributed by atoms with E-state index in [1.807, 2.05) is 0 Å². The van der Waals surface area contributed by atoms with E-state index in [4.69, 9.17) is 5.11 Å². The lowest BCUT2D eigenvalue weighted by atomic mass is 10.2. The van der Waals surface area contributed by atoms with Crippen molar-refractivity contribution in [3.63, 3.8) is 0 Å². The summed E-state index contributed by atoms with van der Waals surface area (Å²) in [5.74, 6) is -0.247. The highest BCUT2D eigenvalue weighted by molar-refractivity contribution is 5.44. The van der Waals surface area contributed by atoms with Crippen LogP contribution in [0.5, 0.6) is 5.88 Å². The van der Waals surface area contributed by atoms with E-state index >= 15 is 0 Å². The first kappa shape index (κ1) is 12.2. The molecule has 16 heavy (non-hydrogen) atoms. The van der Waals surface area contributed by atoms with Gasteiger partial charge in [0.25, 0.3) is 12.1 Å². The van der Waals surface area contributed by atoms with Crippen LogP contribution in [0.4, 0.5) is 14.5 Å². The molecule has 0 radical (unpaired) electrons. The van der Waals surface area contributed by atoms with Gasteiger partial charge in [0.1, 0.15) is 0 Å². The summed E-state index contributed by atoms with van der Waals surface area (Å²) >= 11 is 0. The number of methoxy groups -OCH3 is 1. The fourth-order valence-corrected chi connectivity index (χ4v) is 1.14. The molecule has 0 aliphatic heterocycles. The zero-order valence-electron chi connectivity index (χ0n) is 8.18. The normalized spacial score (nSPS) is 10.6. The molecule has 1 rings (SSSR count). The maximum atomic E-state index is 12.5. The number of aliphatic hydroxyl groups is 1. The Bertz CT molecular complexity index is 411. The maximum absolute atomic E-state index is 12.5. The number of alkyl halides is 2. The van der Waals surface area contributed by atoms with E-state index in [1.54, 1.807) is 0 Å². The molecular formula is C8H8F2N2O4. The predicted octanol–water partition coefficient (Wildman–Crippen LogP) is 1.43. The lowest BCUT2D eigenvalue weighted by molar-refractivity contribution is -0.386. The van der Waals surface area contributed by atoms with Crippen molar-refractivity contribution in [3.8, 4) is 5.88 Å². The van der Waals surface area contributed by atoms with Crippen LogP contribution in [0.15, 0.2) is 6.07 Å². The fraction of sp³-hybridized carbons (Fsp3) is 0.375. The third kappa shape index (κ3) is 2.22. The zero-order valence-corrected chi connectivity index (χ0v) is 8.18. The SMILES string of the molecule is COc1nc(C(F)F)c([N+](=O)[O-])cc1CO. The first-order chi connectivity index (χ1) is 7.51. The molecule has 0 saturated heterocycles. The number of hydrogen-bond acceptors (Lipinski definition) is 5. The summed E-state index contributed by atoms with van der Waals surface area (Å²) in [6.45, 7) is -0.583. The quantitative estimate of drug-likeness (QED) is 0.629. The number of aromatic nitrogens is 1. The maximum Gasteiger partial charge on any atom is 0.297 e. The van der Waals surface area contributed by atoms with E-state index in [9.17, 15) is 18.9 Å². The van der Waals surface area contributed by atoms with Gasteiger partial charge in [-0.15, -0.1) is 0 Å². The van der Waals surface area contributed by atoms with Gasteiger partial charge in [-0.05, 0) is 0 Å². The minimum absolute atomic E-state index is 0.0152. The highest BCUT2D eigenvalue weighted by Gasteiger charge is 2.26. The Hall–Kier alpha value is -1.83. The first-order valence-electron chi connectivity index (χ1n) is 4.12. The Morgan fingerprint density at radius 3 is 2.69 bits per heavy atom. The number of pyridine rings is 1. The molecule has 1 N–H and O–H groups in total. The minimum atomic E-state index is -3.08. The summed E-state index contributed by atoms with van der Waals surface area (Å²) in [6.07, 6.45) is -3.08. The summed E-state index contributed by atoms with van der Waals surface area (Å²) in [6, 6.07) is 0.827. The fourth-order valence-electron chi connectivity index (χ4n) is 1.14. The predicted molar refractivity (Wildman–Crippen MR) is 48.3 cm³/mol. The van der Waals surface area contributed by atoms with Crippen molar-refractivity contribution in [2.24, 2.45) is 0 Å². The molecule has 0 bridgehead atoms. The Kier molecular flexibility index (Phi) is 3.67. The van der Waals surface area contributed by atoms with Crippen LogP contribution >= 0.6 is 0 Å². The number of ether oxygens (including phenoxy) is 1. The number of aliphatic hydroxyl groups excluding tert-OH is 1. The van der Waals surface area contributed by atoms with Crippen LogP contribution in [0.3, 0.4) is 0 Å². The van der Waals surface area contributed by atoms with Crippen LogP contribution in [0.25, 0.3) is 0 Å². The Morgan fingerprint density at radius 2 is 2.31 bits per heavy atom. The molecule has 1 aromatic rings. The number of hydrogen-bond donors (Lipinski definition) is 1. The standard InChI is InChI=1S/C8H8F2N2O4/c1-16-8-4(3-13)2-5(12(14)15)6(11-8)7(9)10/h2,7,13H,3H2,1H3. The van der Waals surface area contributed by atoms with Crippen LogP contribution in [0.1, 0.15) is 17.7 Å². The monoisotopic (exact) mass is 234 g/mol. The largest absolute Gasteiger partial charge is 0.481 e. The van der Waals surface area contributed by atoms with Crippen molar-refractivity contribution in [1.82, 2.24) is 4.98 Å². The molecule has 88 valence electrons. The van der Waals surface area contributed by atoms with Gasteiger partial charge in [0, 0.05) is 11.6 Å². The van der Waals surface area contributed by atoms with Crippen molar-refractivity contribution >= 4 is 5.69 Å². The topological polar surface area (TPSA) is 85.5 Å². The minimum Gasteiger partial charge on any atom is -0.481 e. The van der Waals surface area contributed by atoms with Gasteiger partial charge in [-0.2, -0.15) is 0 Å². The van der Waals surface area contributed by atoms with E-state index in [0.717, 1.165) is 6.07 Å². The van der Waals surface area contributed by atoms with Gasteiger partial charge in [0.05, 0.1) is 18.6 Å². The molecule has 0 aliphatic rings. The summed E-state index contributed by atoms with van der Waals surface area (Å²) in [4.78, 5) is 12.8. The summed E-state index contributed by atoms with van der Waals surface area (Å²) < 4.78 is 29.5. The van der Waals surface area contributed by atoms with Crippen LogP contribution in [-0.2, 0) is 6.61 Å². The zero-order chi connectivity index (χ0) is 12.3. The second-order valence-corrected chi connectivity index (χ2v) is 2.78. The number of nitrogens with zero attached hydrogens (tertiary/aromatic N) is 2. The van der Waals surface area contributed by atoms with E-state index in [2.05, 4.69) is 9.72 Å². The lowest BCUT2D eigenvalue weighted by Gasteiger charge is -2.07. The molecule has 0 aromatic carbocycles. The molecular weight excluding hydrogens is 226 g/mol. The lowest BCUT2D eigenvalue weighted by Crippen LogP contribution is -2.04. The molecule has 1 heterocycles. The Labute approximate surface area is 88.6 Å². The molecule has 0 amide bonds. The van der Waals surface area contributed by atoms with E-state index in [0.29, 0.717) is 0 Å². The molecule has 0 atom stereocenters. The molecule has 0 fully saturated rings.